The van der Waals surface area contributed by atoms with Crippen molar-refractivity contribution >= 4 is 5.91 Å². The summed E-state index contributed by atoms with van der Waals surface area (Å²) in [5.41, 5.74) is 2.04. The molecule has 0 unspecified atom stereocenters. The lowest BCUT2D eigenvalue weighted by Gasteiger charge is -2.24. The summed E-state index contributed by atoms with van der Waals surface area (Å²) in [7, 11) is 1.55. The maximum absolute atomic E-state index is 12.6. The molecule has 0 aliphatic heterocycles. The molecule has 4 nitrogen and oxygen atoms in total. The number of nitrogens with one attached hydrogen (secondary N) is 1. The van der Waals surface area contributed by atoms with Crippen LogP contribution in [-0.2, 0) is 6.42 Å². The highest BCUT2D eigenvalue weighted by molar-refractivity contribution is 5.99. The zero-order valence-corrected chi connectivity index (χ0v) is 13.9. The first-order chi connectivity index (χ1) is 9.69. The summed E-state index contributed by atoms with van der Waals surface area (Å²) in [4.78, 5) is 12.6. The van der Waals surface area contributed by atoms with Crippen molar-refractivity contribution in [2.45, 2.75) is 59.1 Å². The standard InChI is InChI=1S/C17H27NO3/c1-7-12(19)10-13-11(2)8-9-14(21-6)15(13)16(20)18-17(3,4)5/h8-9,12,19H,7,10H2,1-6H3,(H,18,20)/t12-/m1/s1. The van der Waals surface area contributed by atoms with Gasteiger partial charge in [-0.15, -0.1) is 0 Å². The lowest BCUT2D eigenvalue weighted by atomic mass is 9.93. The quantitative estimate of drug-likeness (QED) is 0.877. The smallest absolute Gasteiger partial charge is 0.255 e. The van der Waals surface area contributed by atoms with E-state index in [1.54, 1.807) is 13.2 Å². The van der Waals surface area contributed by atoms with E-state index in [-0.39, 0.29) is 11.4 Å². The molecule has 4 heteroatoms. The number of ether oxygens (including phenoxy) is 1. The Hall–Kier alpha value is -1.55. The Kier molecular flexibility index (Phi) is 5.78. The molecule has 0 aromatic heterocycles. The highest BCUT2D eigenvalue weighted by atomic mass is 16.5. The van der Waals surface area contributed by atoms with Crippen molar-refractivity contribution in [2.75, 3.05) is 7.11 Å². The molecular weight excluding hydrogens is 266 g/mol. The number of aryl methyl sites for hydroxylation is 1. The number of hydrogen-bond donors (Lipinski definition) is 2. The van der Waals surface area contributed by atoms with E-state index in [9.17, 15) is 9.90 Å². The van der Waals surface area contributed by atoms with E-state index >= 15 is 0 Å². The second-order valence-corrected chi connectivity index (χ2v) is 6.41. The minimum absolute atomic E-state index is 0.165. The van der Waals surface area contributed by atoms with Crippen LogP contribution in [0.1, 0.15) is 55.6 Å². The van der Waals surface area contributed by atoms with Crippen molar-refractivity contribution in [3.8, 4) is 5.75 Å². The van der Waals surface area contributed by atoms with E-state index < -0.39 is 6.10 Å². The molecular formula is C17H27NO3. The lowest BCUT2D eigenvalue weighted by Crippen LogP contribution is -2.41. The molecule has 2 N–H and O–H groups in total. The van der Waals surface area contributed by atoms with Gasteiger partial charge in [-0.2, -0.15) is 0 Å². The van der Waals surface area contributed by atoms with Gasteiger partial charge in [-0.05, 0) is 57.7 Å². The molecule has 21 heavy (non-hydrogen) atoms. The second-order valence-electron chi connectivity index (χ2n) is 6.41. The third kappa shape index (κ3) is 4.74. The number of methoxy groups -OCH3 is 1. The van der Waals surface area contributed by atoms with Crippen LogP contribution in [0.3, 0.4) is 0 Å². The molecule has 0 radical (unpaired) electrons. The van der Waals surface area contributed by atoms with E-state index in [1.807, 2.05) is 40.7 Å². The van der Waals surface area contributed by atoms with Crippen molar-refractivity contribution < 1.29 is 14.6 Å². The summed E-state index contributed by atoms with van der Waals surface area (Å²) < 4.78 is 5.35. The summed E-state index contributed by atoms with van der Waals surface area (Å²) in [6.07, 6.45) is 0.639. The highest BCUT2D eigenvalue weighted by Crippen LogP contribution is 2.27. The van der Waals surface area contributed by atoms with E-state index in [2.05, 4.69) is 5.32 Å². The fraction of sp³-hybridized carbons (Fsp3) is 0.588. The van der Waals surface area contributed by atoms with Gasteiger partial charge in [-0.25, -0.2) is 0 Å². The van der Waals surface area contributed by atoms with Gasteiger partial charge in [0.25, 0.3) is 5.91 Å². The first kappa shape index (κ1) is 17.5. The van der Waals surface area contributed by atoms with Gasteiger partial charge < -0.3 is 15.2 Å². The van der Waals surface area contributed by atoms with Gasteiger partial charge in [0.15, 0.2) is 0 Å². The number of benzene rings is 1. The van der Waals surface area contributed by atoms with E-state index in [1.165, 1.54) is 0 Å². The molecule has 1 atom stereocenters. The fourth-order valence-electron chi connectivity index (χ4n) is 2.20. The van der Waals surface area contributed by atoms with Crippen LogP contribution in [-0.4, -0.2) is 29.8 Å². The van der Waals surface area contributed by atoms with Gasteiger partial charge in [0.2, 0.25) is 0 Å². The maximum Gasteiger partial charge on any atom is 0.255 e. The Bertz CT molecular complexity index is 503. The average Bonchev–Trinajstić information content (AvgIpc) is 2.38. The van der Waals surface area contributed by atoms with Crippen molar-refractivity contribution in [3.63, 3.8) is 0 Å². The van der Waals surface area contributed by atoms with E-state index in [0.29, 0.717) is 24.2 Å². The van der Waals surface area contributed by atoms with Gasteiger partial charge in [0.05, 0.1) is 18.8 Å². The predicted octanol–water partition coefficient (Wildman–Crippen LogP) is 2.85. The number of aliphatic hydroxyl groups is 1. The molecule has 0 saturated heterocycles. The van der Waals surface area contributed by atoms with E-state index in [0.717, 1.165) is 11.1 Å². The van der Waals surface area contributed by atoms with Gasteiger partial charge >= 0.3 is 0 Å². The molecule has 0 aliphatic carbocycles. The Labute approximate surface area is 127 Å². The molecule has 1 amide bonds. The van der Waals surface area contributed by atoms with Crippen molar-refractivity contribution in [1.82, 2.24) is 5.32 Å². The van der Waals surface area contributed by atoms with E-state index in [4.69, 9.17) is 4.74 Å². The number of carbonyl (C=O) groups excluding carboxylic acids is 1. The Morgan fingerprint density at radius 3 is 2.48 bits per heavy atom. The second kappa shape index (κ2) is 6.94. The third-order valence-electron chi connectivity index (χ3n) is 3.36. The first-order valence-electron chi connectivity index (χ1n) is 7.36. The molecule has 118 valence electrons. The summed E-state index contributed by atoms with van der Waals surface area (Å²) in [6.45, 7) is 9.69. The summed E-state index contributed by atoms with van der Waals surface area (Å²) in [5, 5.41) is 12.9. The summed E-state index contributed by atoms with van der Waals surface area (Å²) in [5.74, 6) is 0.377. The first-order valence-corrected chi connectivity index (χ1v) is 7.36. The molecule has 0 bridgehead atoms. The molecule has 0 heterocycles. The molecule has 0 saturated carbocycles. The predicted molar refractivity (Wildman–Crippen MR) is 85.0 cm³/mol. The van der Waals surface area contributed by atoms with Gasteiger partial charge in [-0.3, -0.25) is 4.79 Å². The Morgan fingerprint density at radius 1 is 1.38 bits per heavy atom. The third-order valence-corrected chi connectivity index (χ3v) is 3.36. The van der Waals surface area contributed by atoms with Crippen LogP contribution in [0.4, 0.5) is 0 Å². The summed E-state index contributed by atoms with van der Waals surface area (Å²) in [6, 6.07) is 3.72. The Morgan fingerprint density at radius 2 is 2.00 bits per heavy atom. The van der Waals surface area contributed by atoms with Crippen LogP contribution in [0.5, 0.6) is 5.75 Å². The fourth-order valence-corrected chi connectivity index (χ4v) is 2.20. The Balaban J connectivity index is 3.31. The normalized spacial score (nSPS) is 12.9. The number of carbonyl (C=O) groups is 1. The van der Waals surface area contributed by atoms with Crippen LogP contribution >= 0.6 is 0 Å². The zero-order valence-electron chi connectivity index (χ0n) is 13.9. The molecule has 1 aromatic rings. The molecule has 0 fully saturated rings. The number of rotatable bonds is 5. The topological polar surface area (TPSA) is 58.6 Å². The van der Waals surface area contributed by atoms with Gasteiger partial charge in [-0.1, -0.05) is 13.0 Å². The summed E-state index contributed by atoms with van der Waals surface area (Å²) >= 11 is 0. The highest BCUT2D eigenvalue weighted by Gasteiger charge is 2.23. The van der Waals surface area contributed by atoms with Crippen LogP contribution in [0.25, 0.3) is 0 Å². The van der Waals surface area contributed by atoms with Crippen LogP contribution in [0, 0.1) is 6.92 Å². The minimum Gasteiger partial charge on any atom is -0.496 e. The molecule has 0 aliphatic rings. The average molecular weight is 293 g/mol. The SMILES string of the molecule is CC[C@@H](O)Cc1c(C)ccc(OC)c1C(=O)NC(C)(C)C. The van der Waals surface area contributed by atoms with Crippen LogP contribution in [0.2, 0.25) is 0 Å². The maximum atomic E-state index is 12.6. The number of hydrogen-bond acceptors (Lipinski definition) is 3. The van der Waals surface area contributed by atoms with Crippen LogP contribution in [0.15, 0.2) is 12.1 Å². The molecule has 1 aromatic carbocycles. The lowest BCUT2D eigenvalue weighted by molar-refractivity contribution is 0.0914. The van der Waals surface area contributed by atoms with Crippen molar-refractivity contribution in [2.24, 2.45) is 0 Å². The molecule has 1 rings (SSSR count). The van der Waals surface area contributed by atoms with Crippen LogP contribution < -0.4 is 10.1 Å². The number of aliphatic hydroxyl groups excluding tert-OH is 1. The van der Waals surface area contributed by atoms with Crippen molar-refractivity contribution in [1.29, 1.82) is 0 Å². The zero-order chi connectivity index (χ0) is 16.2. The largest absolute Gasteiger partial charge is 0.496 e. The monoisotopic (exact) mass is 293 g/mol. The number of amides is 1. The van der Waals surface area contributed by atoms with Gasteiger partial charge in [0.1, 0.15) is 5.75 Å². The van der Waals surface area contributed by atoms with Gasteiger partial charge in [0, 0.05) is 5.54 Å². The van der Waals surface area contributed by atoms with Crippen molar-refractivity contribution in [3.05, 3.63) is 28.8 Å². The minimum atomic E-state index is -0.461. The molecule has 0 spiro atoms.